The van der Waals surface area contributed by atoms with Gasteiger partial charge in [-0.25, -0.2) is 0 Å². The molecule has 2 aromatic rings. The van der Waals surface area contributed by atoms with Crippen LogP contribution in [0.1, 0.15) is 29.8 Å². The zero-order chi connectivity index (χ0) is 17.9. The van der Waals surface area contributed by atoms with Crippen LogP contribution in [0.5, 0.6) is 0 Å². The van der Waals surface area contributed by atoms with Crippen molar-refractivity contribution in [2.75, 3.05) is 32.7 Å². The summed E-state index contributed by atoms with van der Waals surface area (Å²) >= 11 is 0. The van der Waals surface area contributed by atoms with E-state index in [1.54, 1.807) is 0 Å². The van der Waals surface area contributed by atoms with Crippen LogP contribution in [0.2, 0.25) is 0 Å². The first kappa shape index (κ1) is 17.0. The van der Waals surface area contributed by atoms with E-state index in [0.29, 0.717) is 30.5 Å². The molecule has 2 amide bonds. The van der Waals surface area contributed by atoms with Crippen LogP contribution in [-0.2, 0) is 4.79 Å². The minimum atomic E-state index is -0.244. The second-order valence-corrected chi connectivity index (χ2v) is 7.26. The highest BCUT2D eigenvalue weighted by molar-refractivity contribution is 6.04. The summed E-state index contributed by atoms with van der Waals surface area (Å²) in [4.78, 5) is 26.8. The molecule has 1 aromatic carbocycles. The maximum Gasteiger partial charge on any atom is 0.272 e. The van der Waals surface area contributed by atoms with E-state index in [0.717, 1.165) is 49.9 Å². The number of hydrogen-bond donors (Lipinski definition) is 3. The number of nitrogens with zero attached hydrogens (tertiary/aromatic N) is 2. The van der Waals surface area contributed by atoms with E-state index in [1.807, 2.05) is 29.2 Å². The zero-order valence-electron chi connectivity index (χ0n) is 14.8. The molecule has 1 aromatic heterocycles. The molecule has 7 heteroatoms. The lowest BCUT2D eigenvalue weighted by Gasteiger charge is -2.21. The van der Waals surface area contributed by atoms with Crippen molar-refractivity contribution < 1.29 is 9.59 Å². The number of fused-ring (bicyclic) bond motifs is 2. The molecule has 0 aliphatic carbocycles. The molecule has 2 saturated heterocycles. The lowest BCUT2D eigenvalue weighted by Crippen LogP contribution is -2.35. The Labute approximate surface area is 152 Å². The number of benzene rings is 1. The molecule has 4 rings (SSSR count). The van der Waals surface area contributed by atoms with Crippen molar-refractivity contribution in [2.45, 2.75) is 19.3 Å². The van der Waals surface area contributed by atoms with Gasteiger partial charge in [-0.3, -0.25) is 14.7 Å². The van der Waals surface area contributed by atoms with Gasteiger partial charge in [0.15, 0.2) is 5.69 Å². The van der Waals surface area contributed by atoms with Crippen molar-refractivity contribution in [3.05, 3.63) is 30.0 Å². The third-order valence-corrected chi connectivity index (χ3v) is 5.68. The van der Waals surface area contributed by atoms with Gasteiger partial charge in [0.2, 0.25) is 5.91 Å². The average Bonchev–Trinajstić information content (AvgIpc) is 3.24. The maximum absolute atomic E-state index is 12.5. The topological polar surface area (TPSA) is 90.1 Å². The van der Waals surface area contributed by atoms with Gasteiger partial charge in [-0.15, -0.1) is 0 Å². The Balaban J connectivity index is 1.27. The van der Waals surface area contributed by atoms with Gasteiger partial charge in [0.25, 0.3) is 5.91 Å². The SMILES string of the molecule is O=C(NCCC(=O)N1CC[C@@H]2CNC[C@@H]2CC1)c1n[nH]c2ccccc12. The third-order valence-electron chi connectivity index (χ3n) is 5.68. The van der Waals surface area contributed by atoms with Gasteiger partial charge in [0.05, 0.1) is 5.52 Å². The molecule has 2 atom stereocenters. The van der Waals surface area contributed by atoms with Gasteiger partial charge in [-0.05, 0) is 43.8 Å². The van der Waals surface area contributed by atoms with Crippen LogP contribution in [0, 0.1) is 11.8 Å². The fourth-order valence-electron chi connectivity index (χ4n) is 4.13. The van der Waals surface area contributed by atoms with Crippen molar-refractivity contribution in [2.24, 2.45) is 11.8 Å². The van der Waals surface area contributed by atoms with Gasteiger partial charge in [0, 0.05) is 31.4 Å². The van der Waals surface area contributed by atoms with Crippen LogP contribution in [0.4, 0.5) is 0 Å². The second kappa shape index (κ2) is 7.45. The molecule has 2 aliphatic rings. The number of nitrogens with one attached hydrogen (secondary N) is 3. The Morgan fingerprint density at radius 2 is 1.88 bits per heavy atom. The number of carbonyl (C=O) groups excluding carboxylic acids is 2. The lowest BCUT2D eigenvalue weighted by atomic mass is 9.92. The Bertz CT molecular complexity index is 788. The summed E-state index contributed by atoms with van der Waals surface area (Å²) in [5, 5.41) is 14.0. The van der Waals surface area contributed by atoms with E-state index < -0.39 is 0 Å². The number of amides is 2. The Kier molecular flexibility index (Phi) is 4.88. The van der Waals surface area contributed by atoms with Crippen molar-refractivity contribution >= 4 is 22.7 Å². The fourth-order valence-corrected chi connectivity index (χ4v) is 4.13. The van der Waals surface area contributed by atoms with Gasteiger partial charge < -0.3 is 15.5 Å². The molecule has 2 aliphatic heterocycles. The van der Waals surface area contributed by atoms with Crippen LogP contribution >= 0.6 is 0 Å². The maximum atomic E-state index is 12.5. The first-order chi connectivity index (χ1) is 12.7. The van der Waals surface area contributed by atoms with Crippen molar-refractivity contribution in [1.29, 1.82) is 0 Å². The van der Waals surface area contributed by atoms with Crippen LogP contribution < -0.4 is 10.6 Å². The van der Waals surface area contributed by atoms with Gasteiger partial charge in [0.1, 0.15) is 0 Å². The third kappa shape index (κ3) is 3.44. The quantitative estimate of drug-likeness (QED) is 0.767. The number of likely N-dealkylation sites (tertiary alicyclic amines) is 1. The fraction of sp³-hybridized carbons (Fsp3) is 0.526. The molecule has 3 heterocycles. The molecule has 0 spiro atoms. The molecule has 7 nitrogen and oxygen atoms in total. The summed E-state index contributed by atoms with van der Waals surface area (Å²) in [6, 6.07) is 7.52. The molecular formula is C19H25N5O2. The minimum absolute atomic E-state index is 0.130. The van der Waals surface area contributed by atoms with Crippen molar-refractivity contribution in [1.82, 2.24) is 25.7 Å². The van der Waals surface area contributed by atoms with E-state index in [9.17, 15) is 9.59 Å². The summed E-state index contributed by atoms with van der Waals surface area (Å²) in [6.07, 6.45) is 2.49. The Hall–Kier alpha value is -2.41. The highest BCUT2D eigenvalue weighted by Gasteiger charge is 2.31. The Morgan fingerprint density at radius 3 is 2.65 bits per heavy atom. The predicted molar refractivity (Wildman–Crippen MR) is 98.7 cm³/mol. The summed E-state index contributed by atoms with van der Waals surface area (Å²) in [6.45, 7) is 4.17. The molecule has 3 N–H and O–H groups in total. The standard InChI is InChI=1S/C19H25N5O2/c25-17(24-9-6-13-11-20-12-14(13)7-10-24)5-8-21-19(26)18-15-3-1-2-4-16(15)22-23-18/h1-4,13-14,20H,5-12H2,(H,21,26)(H,22,23)/t13-,14+. The highest BCUT2D eigenvalue weighted by Crippen LogP contribution is 2.27. The van der Waals surface area contributed by atoms with Gasteiger partial charge in [-0.1, -0.05) is 18.2 Å². The Morgan fingerprint density at radius 1 is 1.15 bits per heavy atom. The molecule has 138 valence electrons. The summed E-state index contributed by atoms with van der Waals surface area (Å²) in [5.41, 5.74) is 1.21. The normalized spacial score (nSPS) is 22.8. The predicted octanol–water partition coefficient (Wildman–Crippen LogP) is 1.14. The number of aromatic amines is 1. The smallest absolute Gasteiger partial charge is 0.272 e. The van der Waals surface area contributed by atoms with Crippen LogP contribution in [0.25, 0.3) is 10.9 Å². The minimum Gasteiger partial charge on any atom is -0.350 e. The number of carbonyl (C=O) groups is 2. The highest BCUT2D eigenvalue weighted by atomic mass is 16.2. The first-order valence-corrected chi connectivity index (χ1v) is 9.42. The van der Waals surface area contributed by atoms with E-state index in [1.165, 1.54) is 0 Å². The second-order valence-electron chi connectivity index (χ2n) is 7.26. The van der Waals surface area contributed by atoms with Crippen molar-refractivity contribution in [3.8, 4) is 0 Å². The number of aromatic nitrogens is 2. The lowest BCUT2D eigenvalue weighted by molar-refractivity contribution is -0.131. The largest absolute Gasteiger partial charge is 0.350 e. The van der Waals surface area contributed by atoms with Crippen molar-refractivity contribution in [3.63, 3.8) is 0 Å². The molecule has 0 bridgehead atoms. The van der Waals surface area contributed by atoms with Crippen LogP contribution in [0.15, 0.2) is 24.3 Å². The van der Waals surface area contributed by atoms with E-state index in [2.05, 4.69) is 20.8 Å². The van der Waals surface area contributed by atoms with Crippen LogP contribution in [-0.4, -0.2) is 59.6 Å². The molecule has 26 heavy (non-hydrogen) atoms. The van der Waals surface area contributed by atoms with Crippen LogP contribution in [0.3, 0.4) is 0 Å². The van der Waals surface area contributed by atoms with Gasteiger partial charge in [-0.2, -0.15) is 5.10 Å². The summed E-state index contributed by atoms with van der Waals surface area (Å²) in [5.74, 6) is 1.30. The molecular weight excluding hydrogens is 330 g/mol. The summed E-state index contributed by atoms with van der Waals surface area (Å²) < 4.78 is 0. The first-order valence-electron chi connectivity index (χ1n) is 9.42. The molecule has 0 saturated carbocycles. The van der Waals surface area contributed by atoms with E-state index in [4.69, 9.17) is 0 Å². The van der Waals surface area contributed by atoms with Gasteiger partial charge >= 0.3 is 0 Å². The van der Waals surface area contributed by atoms with E-state index in [-0.39, 0.29) is 11.8 Å². The molecule has 0 unspecified atom stereocenters. The summed E-state index contributed by atoms with van der Waals surface area (Å²) in [7, 11) is 0. The number of hydrogen-bond acceptors (Lipinski definition) is 4. The molecule has 2 fully saturated rings. The monoisotopic (exact) mass is 355 g/mol. The van der Waals surface area contributed by atoms with E-state index >= 15 is 0 Å². The average molecular weight is 355 g/mol. The number of para-hydroxylation sites is 1. The zero-order valence-corrected chi connectivity index (χ0v) is 14.8. The molecule has 0 radical (unpaired) electrons. The number of rotatable bonds is 4. The number of H-pyrrole nitrogens is 1.